The Balaban J connectivity index is 1.31. The number of nitrogens with zero attached hydrogens (tertiary/aromatic N) is 5. The minimum Gasteiger partial charge on any atom is -0.354 e. The van der Waals surface area contributed by atoms with Gasteiger partial charge in [-0.15, -0.1) is 11.3 Å². The minimum atomic E-state index is -3.69. The fraction of sp³-hybridized carbons (Fsp3) is 0.391. The van der Waals surface area contributed by atoms with Crippen molar-refractivity contribution in [3.63, 3.8) is 0 Å². The SMILES string of the molecule is O=C(NO)C(CCCc1ncccn1)CS(=O)(=O)N1CCN(c2ccc(-c3cccs3)cn2)CC1. The Bertz CT molecular complexity index is 1180. The van der Waals surface area contributed by atoms with E-state index in [1.807, 2.05) is 35.8 Å². The van der Waals surface area contributed by atoms with Crippen molar-refractivity contribution in [3.05, 3.63) is 60.1 Å². The normalized spacial score (nSPS) is 15.6. The van der Waals surface area contributed by atoms with E-state index in [1.54, 1.807) is 35.3 Å². The fourth-order valence-electron chi connectivity index (χ4n) is 4.06. The number of hydroxylamine groups is 1. The Kier molecular flexibility index (Phi) is 8.39. The summed E-state index contributed by atoms with van der Waals surface area (Å²) in [7, 11) is -3.69. The first kappa shape index (κ1) is 25.2. The van der Waals surface area contributed by atoms with Gasteiger partial charge in [-0.1, -0.05) is 6.07 Å². The summed E-state index contributed by atoms with van der Waals surface area (Å²) < 4.78 is 27.6. The highest BCUT2D eigenvalue weighted by atomic mass is 32.2. The molecule has 186 valence electrons. The van der Waals surface area contributed by atoms with E-state index in [0.717, 1.165) is 16.3 Å². The van der Waals surface area contributed by atoms with Crippen molar-refractivity contribution in [2.75, 3.05) is 36.8 Å². The van der Waals surface area contributed by atoms with E-state index in [0.29, 0.717) is 51.3 Å². The molecule has 35 heavy (non-hydrogen) atoms. The van der Waals surface area contributed by atoms with Crippen LogP contribution in [-0.4, -0.2) is 70.7 Å². The Hall–Kier alpha value is -2.93. The van der Waals surface area contributed by atoms with Gasteiger partial charge in [0.15, 0.2) is 0 Å². The highest BCUT2D eigenvalue weighted by Crippen LogP contribution is 2.26. The Morgan fingerprint density at radius 3 is 2.49 bits per heavy atom. The van der Waals surface area contributed by atoms with Crippen molar-refractivity contribution in [1.82, 2.24) is 24.7 Å². The van der Waals surface area contributed by atoms with Crippen molar-refractivity contribution < 1.29 is 18.4 Å². The fourth-order valence-corrected chi connectivity index (χ4v) is 6.54. The molecule has 1 atom stereocenters. The second kappa shape index (κ2) is 11.7. The summed E-state index contributed by atoms with van der Waals surface area (Å²) in [5.74, 6) is -0.480. The smallest absolute Gasteiger partial charge is 0.247 e. The molecule has 1 fully saturated rings. The van der Waals surface area contributed by atoms with Gasteiger partial charge in [0.2, 0.25) is 15.9 Å². The molecule has 3 aromatic rings. The first-order valence-corrected chi connectivity index (χ1v) is 13.9. The average molecular weight is 517 g/mol. The number of amides is 1. The van der Waals surface area contributed by atoms with Crippen molar-refractivity contribution in [3.8, 4) is 10.4 Å². The molecule has 12 heteroatoms. The largest absolute Gasteiger partial charge is 0.354 e. The zero-order chi connectivity index (χ0) is 24.7. The minimum absolute atomic E-state index is 0.296. The highest BCUT2D eigenvalue weighted by Gasteiger charge is 2.32. The molecule has 0 spiro atoms. The van der Waals surface area contributed by atoms with Crippen LogP contribution in [0.25, 0.3) is 10.4 Å². The number of carbonyl (C=O) groups is 1. The summed E-state index contributed by atoms with van der Waals surface area (Å²) in [6.45, 7) is 1.63. The summed E-state index contributed by atoms with van der Waals surface area (Å²) >= 11 is 1.66. The summed E-state index contributed by atoms with van der Waals surface area (Å²) in [6, 6.07) is 9.74. The zero-order valence-corrected chi connectivity index (χ0v) is 20.8. The van der Waals surface area contributed by atoms with E-state index in [2.05, 4.69) is 19.9 Å². The summed E-state index contributed by atoms with van der Waals surface area (Å²) in [4.78, 5) is 28.2. The molecule has 4 rings (SSSR count). The van der Waals surface area contributed by atoms with Gasteiger partial charge in [0.1, 0.15) is 11.6 Å². The summed E-state index contributed by atoms with van der Waals surface area (Å²) in [5.41, 5.74) is 2.67. The first-order chi connectivity index (χ1) is 17.0. The number of pyridine rings is 1. The number of nitrogens with one attached hydrogen (secondary N) is 1. The molecule has 1 aliphatic rings. The molecule has 2 N–H and O–H groups in total. The number of sulfonamides is 1. The van der Waals surface area contributed by atoms with Gasteiger partial charge in [-0.25, -0.2) is 28.8 Å². The van der Waals surface area contributed by atoms with Crippen LogP contribution in [0.4, 0.5) is 5.82 Å². The third-order valence-corrected chi connectivity index (χ3v) is 8.87. The Morgan fingerprint density at radius 2 is 1.86 bits per heavy atom. The summed E-state index contributed by atoms with van der Waals surface area (Å²) in [5, 5.41) is 11.1. The predicted molar refractivity (Wildman–Crippen MR) is 134 cm³/mol. The number of rotatable bonds is 10. The monoisotopic (exact) mass is 516 g/mol. The van der Waals surface area contributed by atoms with Crippen molar-refractivity contribution in [2.24, 2.45) is 5.92 Å². The molecule has 0 radical (unpaired) electrons. The van der Waals surface area contributed by atoms with Gasteiger partial charge in [0.05, 0.1) is 11.7 Å². The molecule has 10 nitrogen and oxygen atoms in total. The molecule has 1 amide bonds. The Morgan fingerprint density at radius 1 is 1.09 bits per heavy atom. The average Bonchev–Trinajstić information content (AvgIpc) is 3.43. The van der Waals surface area contributed by atoms with E-state index in [4.69, 9.17) is 5.21 Å². The third-order valence-electron chi connectivity index (χ3n) is 5.97. The number of aryl methyl sites for hydroxylation is 1. The van der Waals surface area contributed by atoms with Gasteiger partial charge in [0, 0.05) is 61.6 Å². The van der Waals surface area contributed by atoms with Gasteiger partial charge in [0.25, 0.3) is 0 Å². The molecule has 1 saturated heterocycles. The number of thiophene rings is 1. The quantitative estimate of drug-likeness (QED) is 0.310. The number of piperazine rings is 1. The molecule has 0 aliphatic carbocycles. The topological polar surface area (TPSA) is 129 Å². The van der Waals surface area contributed by atoms with Gasteiger partial charge in [-0.2, -0.15) is 4.31 Å². The molecule has 1 aliphatic heterocycles. The first-order valence-electron chi connectivity index (χ1n) is 11.4. The highest BCUT2D eigenvalue weighted by molar-refractivity contribution is 7.89. The van der Waals surface area contributed by atoms with E-state index in [-0.39, 0.29) is 5.75 Å². The van der Waals surface area contributed by atoms with E-state index in [1.165, 1.54) is 4.31 Å². The van der Waals surface area contributed by atoms with Crippen LogP contribution < -0.4 is 10.4 Å². The number of aromatic nitrogens is 3. The second-order valence-corrected chi connectivity index (χ2v) is 11.2. The number of hydrogen-bond donors (Lipinski definition) is 2. The molecule has 0 aromatic carbocycles. The van der Waals surface area contributed by atoms with Crippen LogP contribution in [0.15, 0.2) is 54.3 Å². The van der Waals surface area contributed by atoms with E-state index >= 15 is 0 Å². The molecule has 1 unspecified atom stereocenters. The van der Waals surface area contributed by atoms with Gasteiger partial charge >= 0.3 is 0 Å². The third kappa shape index (κ3) is 6.60. The predicted octanol–water partition coefficient (Wildman–Crippen LogP) is 2.20. The lowest BCUT2D eigenvalue weighted by Crippen LogP contribution is -2.50. The lowest BCUT2D eigenvalue weighted by molar-refractivity contribution is -0.132. The Labute approximate surface area is 208 Å². The molecule has 0 bridgehead atoms. The number of hydrogen-bond acceptors (Lipinski definition) is 9. The molecule has 4 heterocycles. The number of carbonyl (C=O) groups excluding carboxylic acids is 1. The maximum absolute atomic E-state index is 13.1. The maximum atomic E-state index is 13.1. The maximum Gasteiger partial charge on any atom is 0.247 e. The van der Waals surface area contributed by atoms with Crippen LogP contribution in [0.5, 0.6) is 0 Å². The van der Waals surface area contributed by atoms with Crippen molar-refractivity contribution >= 4 is 33.1 Å². The summed E-state index contributed by atoms with van der Waals surface area (Å²) in [6.07, 6.45) is 6.45. The van der Waals surface area contributed by atoms with Crippen LogP contribution >= 0.6 is 11.3 Å². The van der Waals surface area contributed by atoms with Gasteiger partial charge < -0.3 is 4.90 Å². The van der Waals surface area contributed by atoms with Crippen LogP contribution in [0, 0.1) is 5.92 Å². The van der Waals surface area contributed by atoms with E-state index in [9.17, 15) is 13.2 Å². The van der Waals surface area contributed by atoms with Crippen LogP contribution in [0.3, 0.4) is 0 Å². The van der Waals surface area contributed by atoms with E-state index < -0.39 is 21.8 Å². The van der Waals surface area contributed by atoms with Crippen LogP contribution in [-0.2, 0) is 21.2 Å². The van der Waals surface area contributed by atoms with Crippen LogP contribution in [0.1, 0.15) is 18.7 Å². The molecular formula is C23H28N6O4S2. The van der Waals surface area contributed by atoms with Crippen molar-refractivity contribution in [2.45, 2.75) is 19.3 Å². The molecular weight excluding hydrogens is 488 g/mol. The molecule has 0 saturated carbocycles. The van der Waals surface area contributed by atoms with Gasteiger partial charge in [-0.3, -0.25) is 10.0 Å². The van der Waals surface area contributed by atoms with Gasteiger partial charge in [-0.05, 0) is 42.5 Å². The standard InChI is InChI=1S/C23H28N6O4S2/c30-23(27-31)19(4-1-6-21-24-9-3-10-25-21)17-35(32,33)29-13-11-28(12-14-29)22-8-7-18(16-26-22)20-5-2-15-34-20/h2-3,5,7-10,15-16,19,31H,1,4,6,11-14,17H2,(H,27,30). The molecule has 3 aromatic heterocycles. The van der Waals surface area contributed by atoms with Crippen LogP contribution in [0.2, 0.25) is 0 Å². The zero-order valence-electron chi connectivity index (χ0n) is 19.2. The van der Waals surface area contributed by atoms with Crippen molar-refractivity contribution in [1.29, 1.82) is 0 Å². The number of anilines is 1. The lowest BCUT2D eigenvalue weighted by Gasteiger charge is -2.35. The second-order valence-electron chi connectivity index (χ2n) is 8.28. The lowest BCUT2D eigenvalue weighted by atomic mass is 10.0.